The van der Waals surface area contributed by atoms with Gasteiger partial charge in [-0.15, -0.1) is 0 Å². The number of aromatic nitrogens is 1. The molecule has 1 unspecified atom stereocenters. The Morgan fingerprint density at radius 1 is 1.38 bits per heavy atom. The number of hydrogen-bond donors (Lipinski definition) is 2. The van der Waals surface area contributed by atoms with Gasteiger partial charge in [-0.25, -0.2) is 4.98 Å². The number of pyridine rings is 1. The first-order valence-corrected chi connectivity index (χ1v) is 6.13. The lowest BCUT2D eigenvalue weighted by Crippen LogP contribution is -2.07. The minimum Gasteiger partial charge on any atom is -0.397 e. The smallest absolute Gasteiger partial charge is 0.126 e. The van der Waals surface area contributed by atoms with E-state index in [0.29, 0.717) is 0 Å². The quantitative estimate of drug-likeness (QED) is 0.856. The molecule has 0 radical (unpaired) electrons. The van der Waals surface area contributed by atoms with Crippen molar-refractivity contribution in [2.45, 2.75) is 19.9 Å². The van der Waals surface area contributed by atoms with Crippen molar-refractivity contribution in [3.63, 3.8) is 0 Å². The van der Waals surface area contributed by atoms with E-state index in [2.05, 4.69) is 34.1 Å². The maximum Gasteiger partial charge on any atom is 0.126 e. The van der Waals surface area contributed by atoms with Crippen LogP contribution < -0.4 is 11.1 Å². The van der Waals surface area contributed by atoms with Crippen molar-refractivity contribution >= 4 is 22.8 Å². The Balaban J connectivity index is 2.12. The lowest BCUT2D eigenvalue weighted by molar-refractivity contribution is 0.878. The molecule has 4 heteroatoms. The van der Waals surface area contributed by atoms with Crippen LogP contribution in [0.1, 0.15) is 24.2 Å². The van der Waals surface area contributed by atoms with Gasteiger partial charge in [0, 0.05) is 0 Å². The molecular formula is C12H15N3S. The molecule has 0 bridgehead atoms. The average molecular weight is 233 g/mol. The molecule has 0 aromatic carbocycles. The Morgan fingerprint density at radius 3 is 2.81 bits per heavy atom. The van der Waals surface area contributed by atoms with Gasteiger partial charge in [-0.2, -0.15) is 11.3 Å². The van der Waals surface area contributed by atoms with Gasteiger partial charge >= 0.3 is 0 Å². The summed E-state index contributed by atoms with van der Waals surface area (Å²) in [6.07, 6.45) is 0. The zero-order chi connectivity index (χ0) is 11.5. The highest BCUT2D eigenvalue weighted by Gasteiger charge is 2.06. The maximum absolute atomic E-state index is 5.73. The number of nitrogens with one attached hydrogen (secondary N) is 1. The molecule has 0 saturated carbocycles. The second-order valence-corrected chi connectivity index (χ2v) is 4.57. The predicted octanol–water partition coefficient (Wildman–Crippen LogP) is 3.21. The van der Waals surface area contributed by atoms with Gasteiger partial charge in [0.25, 0.3) is 0 Å². The Bertz CT molecular complexity index is 465. The minimum atomic E-state index is 0.266. The summed E-state index contributed by atoms with van der Waals surface area (Å²) < 4.78 is 0. The van der Waals surface area contributed by atoms with Crippen LogP contribution >= 0.6 is 11.3 Å². The molecule has 0 aliphatic rings. The molecule has 16 heavy (non-hydrogen) atoms. The minimum absolute atomic E-state index is 0.266. The first-order chi connectivity index (χ1) is 7.66. The molecule has 3 N–H and O–H groups in total. The van der Waals surface area contributed by atoms with E-state index >= 15 is 0 Å². The SMILES string of the molecule is Cc1nc(NC(C)c2ccsc2)ccc1N. The summed E-state index contributed by atoms with van der Waals surface area (Å²) in [6, 6.07) is 6.17. The Morgan fingerprint density at radius 2 is 2.19 bits per heavy atom. The number of nitrogens with zero attached hydrogens (tertiary/aromatic N) is 1. The van der Waals surface area contributed by atoms with Gasteiger partial charge in [-0.3, -0.25) is 0 Å². The molecule has 2 heterocycles. The van der Waals surface area contributed by atoms with Crippen molar-refractivity contribution in [1.29, 1.82) is 0 Å². The van der Waals surface area contributed by atoms with Crippen LogP contribution in [0, 0.1) is 6.92 Å². The lowest BCUT2D eigenvalue weighted by atomic mass is 10.2. The zero-order valence-electron chi connectivity index (χ0n) is 9.40. The molecule has 0 amide bonds. The number of anilines is 2. The maximum atomic E-state index is 5.73. The highest BCUT2D eigenvalue weighted by atomic mass is 32.1. The summed E-state index contributed by atoms with van der Waals surface area (Å²) in [4.78, 5) is 4.39. The van der Waals surface area contributed by atoms with Crippen LogP contribution in [0.25, 0.3) is 0 Å². The fraction of sp³-hybridized carbons (Fsp3) is 0.250. The summed E-state index contributed by atoms with van der Waals surface area (Å²) in [5.74, 6) is 0.866. The summed E-state index contributed by atoms with van der Waals surface area (Å²) >= 11 is 1.70. The van der Waals surface area contributed by atoms with E-state index in [1.165, 1.54) is 5.56 Å². The molecule has 2 aromatic rings. The van der Waals surface area contributed by atoms with E-state index in [1.807, 2.05) is 19.1 Å². The van der Waals surface area contributed by atoms with Crippen molar-refractivity contribution in [2.75, 3.05) is 11.1 Å². The van der Waals surface area contributed by atoms with Crippen molar-refractivity contribution < 1.29 is 0 Å². The van der Waals surface area contributed by atoms with Crippen molar-refractivity contribution in [3.8, 4) is 0 Å². The van der Waals surface area contributed by atoms with Crippen molar-refractivity contribution in [1.82, 2.24) is 4.98 Å². The van der Waals surface area contributed by atoms with E-state index in [9.17, 15) is 0 Å². The Kier molecular flexibility index (Phi) is 3.10. The monoisotopic (exact) mass is 233 g/mol. The van der Waals surface area contributed by atoms with Gasteiger partial charge in [0.05, 0.1) is 17.4 Å². The molecule has 2 aromatic heterocycles. The van der Waals surface area contributed by atoms with E-state index in [0.717, 1.165) is 17.2 Å². The van der Waals surface area contributed by atoms with E-state index in [4.69, 9.17) is 5.73 Å². The van der Waals surface area contributed by atoms with Crippen LogP contribution in [0.3, 0.4) is 0 Å². The van der Waals surface area contributed by atoms with Gasteiger partial charge in [-0.05, 0) is 48.4 Å². The molecular weight excluding hydrogens is 218 g/mol. The van der Waals surface area contributed by atoms with E-state index in [1.54, 1.807) is 11.3 Å². The van der Waals surface area contributed by atoms with Crippen LogP contribution in [0.4, 0.5) is 11.5 Å². The molecule has 1 atom stereocenters. The Hall–Kier alpha value is -1.55. The first-order valence-electron chi connectivity index (χ1n) is 5.18. The fourth-order valence-corrected chi connectivity index (χ4v) is 2.23. The highest BCUT2D eigenvalue weighted by Crippen LogP contribution is 2.21. The molecule has 0 aliphatic heterocycles. The van der Waals surface area contributed by atoms with Crippen LogP contribution in [0.15, 0.2) is 29.0 Å². The third-order valence-electron chi connectivity index (χ3n) is 2.53. The summed E-state index contributed by atoms with van der Waals surface area (Å²) in [5, 5.41) is 7.57. The number of nitrogen functional groups attached to an aromatic ring is 1. The number of nitrogens with two attached hydrogens (primary N) is 1. The second kappa shape index (κ2) is 4.53. The number of hydrogen-bond acceptors (Lipinski definition) is 4. The topological polar surface area (TPSA) is 50.9 Å². The summed E-state index contributed by atoms with van der Waals surface area (Å²) in [7, 11) is 0. The van der Waals surface area contributed by atoms with Gasteiger partial charge in [0.1, 0.15) is 5.82 Å². The largest absolute Gasteiger partial charge is 0.397 e. The molecule has 84 valence electrons. The fourth-order valence-electron chi connectivity index (χ4n) is 1.48. The van der Waals surface area contributed by atoms with Crippen molar-refractivity contribution in [3.05, 3.63) is 40.2 Å². The standard InChI is InChI=1S/C12H15N3S/c1-8(10-5-6-16-7-10)14-12-4-3-11(13)9(2)15-12/h3-8H,13H2,1-2H3,(H,14,15). The molecule has 0 saturated heterocycles. The predicted molar refractivity (Wildman–Crippen MR) is 69.7 cm³/mol. The summed E-state index contributed by atoms with van der Waals surface area (Å²) in [5.41, 5.74) is 8.60. The van der Waals surface area contributed by atoms with Crippen LogP contribution in [-0.2, 0) is 0 Å². The zero-order valence-corrected chi connectivity index (χ0v) is 10.2. The molecule has 3 nitrogen and oxygen atoms in total. The number of thiophene rings is 1. The van der Waals surface area contributed by atoms with Gasteiger partial charge in [-0.1, -0.05) is 0 Å². The Labute approximate surface area is 99.3 Å². The third-order valence-corrected chi connectivity index (χ3v) is 3.24. The van der Waals surface area contributed by atoms with Gasteiger partial charge in [0.15, 0.2) is 0 Å². The van der Waals surface area contributed by atoms with Gasteiger partial charge < -0.3 is 11.1 Å². The molecule has 2 rings (SSSR count). The van der Waals surface area contributed by atoms with E-state index < -0.39 is 0 Å². The van der Waals surface area contributed by atoms with Crippen LogP contribution in [-0.4, -0.2) is 4.98 Å². The summed E-state index contributed by atoms with van der Waals surface area (Å²) in [6.45, 7) is 4.03. The highest BCUT2D eigenvalue weighted by molar-refractivity contribution is 7.07. The van der Waals surface area contributed by atoms with Crippen LogP contribution in [0.2, 0.25) is 0 Å². The lowest BCUT2D eigenvalue weighted by Gasteiger charge is -2.14. The number of rotatable bonds is 3. The number of aryl methyl sites for hydroxylation is 1. The first kappa shape index (κ1) is 11.0. The third kappa shape index (κ3) is 2.33. The molecule has 0 aliphatic carbocycles. The van der Waals surface area contributed by atoms with E-state index in [-0.39, 0.29) is 6.04 Å². The normalized spacial score (nSPS) is 12.4. The average Bonchev–Trinajstić information content (AvgIpc) is 2.77. The van der Waals surface area contributed by atoms with Gasteiger partial charge in [0.2, 0.25) is 0 Å². The van der Waals surface area contributed by atoms with Crippen molar-refractivity contribution in [2.24, 2.45) is 0 Å². The van der Waals surface area contributed by atoms with Crippen LogP contribution in [0.5, 0.6) is 0 Å². The molecule has 0 spiro atoms. The molecule has 0 fully saturated rings. The second-order valence-electron chi connectivity index (χ2n) is 3.79.